The molecule has 0 radical (unpaired) electrons. The fourth-order valence-electron chi connectivity index (χ4n) is 3.28. The fourth-order valence-corrected chi connectivity index (χ4v) is 3.47. The van der Waals surface area contributed by atoms with E-state index in [0.717, 1.165) is 36.7 Å². The molecule has 0 saturated heterocycles. The molecule has 0 N–H and O–H groups in total. The second-order valence-electron chi connectivity index (χ2n) is 6.38. The Morgan fingerprint density at radius 2 is 2.19 bits per heavy atom. The second kappa shape index (κ2) is 7.42. The average molecular weight is 308 g/mol. The fraction of sp³-hybridized carbons (Fsp3) is 0.611. The Bertz CT molecular complexity index is 488. The number of rotatable bonds is 5. The summed E-state index contributed by atoms with van der Waals surface area (Å²) in [5.74, 6) is 1.38. The molecule has 0 heterocycles. The molecule has 0 aliphatic heterocycles. The van der Waals surface area contributed by atoms with Gasteiger partial charge in [-0.25, -0.2) is 0 Å². The Kier molecular flexibility index (Phi) is 5.83. The summed E-state index contributed by atoms with van der Waals surface area (Å²) in [5.41, 5.74) is 1.21. The highest BCUT2D eigenvalue weighted by Crippen LogP contribution is 2.31. The van der Waals surface area contributed by atoms with Gasteiger partial charge in [0.25, 0.3) is 0 Å². The number of hydrogen-bond donors (Lipinski definition) is 0. The first-order chi connectivity index (χ1) is 10.0. The van der Waals surface area contributed by atoms with Crippen molar-refractivity contribution in [1.29, 1.82) is 0 Å². The summed E-state index contributed by atoms with van der Waals surface area (Å²) in [6.07, 6.45) is 4.10. The van der Waals surface area contributed by atoms with Crippen LogP contribution >= 0.6 is 11.6 Å². The second-order valence-corrected chi connectivity index (χ2v) is 6.82. The van der Waals surface area contributed by atoms with Gasteiger partial charge in [0.1, 0.15) is 5.78 Å². The third kappa shape index (κ3) is 4.31. The summed E-state index contributed by atoms with van der Waals surface area (Å²) in [4.78, 5) is 14.4. The summed E-state index contributed by atoms with van der Waals surface area (Å²) in [6.45, 7) is 5.26. The van der Waals surface area contributed by atoms with Crippen molar-refractivity contribution in [2.75, 3.05) is 13.6 Å². The van der Waals surface area contributed by atoms with Gasteiger partial charge in [-0.05, 0) is 50.4 Å². The van der Waals surface area contributed by atoms with E-state index in [-0.39, 0.29) is 12.0 Å². The van der Waals surface area contributed by atoms with E-state index in [1.54, 1.807) is 0 Å². The summed E-state index contributed by atoms with van der Waals surface area (Å²) in [7, 11) is 2.11. The lowest BCUT2D eigenvalue weighted by Gasteiger charge is -2.33. The van der Waals surface area contributed by atoms with E-state index in [0.29, 0.717) is 5.78 Å². The first kappa shape index (κ1) is 16.5. The quantitative estimate of drug-likeness (QED) is 0.784. The number of benzene rings is 1. The standard InChI is InChI=1S/C18H26ClNO/c1-4-14-8-9-18(21)16(10-14)12-20(3)13(2)15-6-5-7-17(19)11-15/h5-7,11,13-14,16H,4,8-10,12H2,1-3H3. The number of ketones is 1. The van der Waals surface area contributed by atoms with E-state index in [9.17, 15) is 4.79 Å². The van der Waals surface area contributed by atoms with Crippen molar-refractivity contribution in [3.8, 4) is 0 Å². The van der Waals surface area contributed by atoms with Crippen LogP contribution < -0.4 is 0 Å². The van der Waals surface area contributed by atoms with Gasteiger partial charge >= 0.3 is 0 Å². The van der Waals surface area contributed by atoms with Crippen LogP contribution in [0.25, 0.3) is 0 Å². The average Bonchev–Trinajstić information content (AvgIpc) is 2.48. The Balaban J connectivity index is 1.99. The molecule has 21 heavy (non-hydrogen) atoms. The van der Waals surface area contributed by atoms with Crippen LogP contribution in [0.1, 0.15) is 51.1 Å². The topological polar surface area (TPSA) is 20.3 Å². The van der Waals surface area contributed by atoms with E-state index in [1.165, 1.54) is 12.0 Å². The summed E-state index contributed by atoms with van der Waals surface area (Å²) >= 11 is 6.07. The van der Waals surface area contributed by atoms with Crippen LogP contribution in [0.5, 0.6) is 0 Å². The largest absolute Gasteiger partial charge is 0.299 e. The molecule has 1 aromatic carbocycles. The van der Waals surface area contributed by atoms with Crippen molar-refractivity contribution in [2.45, 2.75) is 45.6 Å². The third-order valence-corrected chi connectivity index (χ3v) is 5.19. The first-order valence-corrected chi connectivity index (χ1v) is 8.37. The SMILES string of the molecule is CCC1CCC(=O)C(CN(C)C(C)c2cccc(Cl)c2)C1. The van der Waals surface area contributed by atoms with Gasteiger partial charge in [0.15, 0.2) is 0 Å². The van der Waals surface area contributed by atoms with Crippen molar-refractivity contribution < 1.29 is 4.79 Å². The summed E-state index contributed by atoms with van der Waals surface area (Å²) in [6, 6.07) is 8.28. The van der Waals surface area contributed by atoms with E-state index < -0.39 is 0 Å². The maximum absolute atomic E-state index is 12.2. The van der Waals surface area contributed by atoms with Crippen LogP contribution in [0.15, 0.2) is 24.3 Å². The van der Waals surface area contributed by atoms with E-state index in [1.807, 2.05) is 18.2 Å². The number of halogens is 1. The Morgan fingerprint density at radius 3 is 2.86 bits per heavy atom. The molecular weight excluding hydrogens is 282 g/mol. The van der Waals surface area contributed by atoms with E-state index in [4.69, 9.17) is 11.6 Å². The molecule has 0 bridgehead atoms. The van der Waals surface area contributed by atoms with Gasteiger partial charge in [-0.3, -0.25) is 9.69 Å². The molecule has 2 rings (SSSR count). The van der Waals surface area contributed by atoms with Gasteiger partial charge in [-0.1, -0.05) is 37.1 Å². The zero-order valence-electron chi connectivity index (χ0n) is 13.3. The number of nitrogens with zero attached hydrogens (tertiary/aromatic N) is 1. The molecule has 1 aliphatic rings. The monoisotopic (exact) mass is 307 g/mol. The Hall–Kier alpha value is -0.860. The molecular formula is C18H26ClNO. The first-order valence-electron chi connectivity index (χ1n) is 7.99. The predicted octanol–water partition coefficient (Wildman–Crippen LogP) is 4.73. The van der Waals surface area contributed by atoms with Crippen LogP contribution in [0.3, 0.4) is 0 Å². The highest BCUT2D eigenvalue weighted by molar-refractivity contribution is 6.30. The van der Waals surface area contributed by atoms with Gasteiger partial charge in [-0.2, -0.15) is 0 Å². The molecule has 3 atom stereocenters. The molecule has 2 nitrogen and oxygen atoms in total. The molecule has 3 heteroatoms. The molecule has 1 fully saturated rings. The Morgan fingerprint density at radius 1 is 1.43 bits per heavy atom. The van der Waals surface area contributed by atoms with Crippen molar-refractivity contribution in [2.24, 2.45) is 11.8 Å². The van der Waals surface area contributed by atoms with E-state index >= 15 is 0 Å². The van der Waals surface area contributed by atoms with Crippen molar-refractivity contribution in [3.05, 3.63) is 34.9 Å². The highest BCUT2D eigenvalue weighted by Gasteiger charge is 2.29. The molecule has 1 aromatic rings. The van der Waals surface area contributed by atoms with Crippen molar-refractivity contribution in [3.63, 3.8) is 0 Å². The van der Waals surface area contributed by atoms with Crippen LogP contribution in [-0.2, 0) is 4.79 Å². The number of carbonyl (C=O) groups is 1. The minimum absolute atomic E-state index is 0.204. The molecule has 1 aliphatic carbocycles. The van der Waals surface area contributed by atoms with Crippen LogP contribution in [0.2, 0.25) is 5.02 Å². The maximum Gasteiger partial charge on any atom is 0.137 e. The zero-order chi connectivity index (χ0) is 15.4. The molecule has 116 valence electrons. The van der Waals surface area contributed by atoms with Crippen molar-refractivity contribution >= 4 is 17.4 Å². The lowest BCUT2D eigenvalue weighted by molar-refractivity contribution is -0.126. The molecule has 0 spiro atoms. The summed E-state index contributed by atoms with van der Waals surface area (Å²) in [5, 5.41) is 0.771. The predicted molar refractivity (Wildman–Crippen MR) is 88.6 cm³/mol. The van der Waals surface area contributed by atoms with Gasteiger partial charge in [0, 0.05) is 29.9 Å². The molecule has 1 saturated carbocycles. The lowest BCUT2D eigenvalue weighted by Crippen LogP contribution is -2.36. The maximum atomic E-state index is 12.2. The molecule has 0 aromatic heterocycles. The van der Waals surface area contributed by atoms with Crippen LogP contribution in [0, 0.1) is 11.8 Å². The number of Topliss-reactive ketones (excluding diaryl/α,β-unsaturated/α-hetero) is 1. The molecule has 3 unspecified atom stereocenters. The smallest absolute Gasteiger partial charge is 0.137 e. The van der Waals surface area contributed by atoms with Gasteiger partial charge in [0.2, 0.25) is 0 Å². The van der Waals surface area contributed by atoms with E-state index in [2.05, 4.69) is 31.9 Å². The highest BCUT2D eigenvalue weighted by atomic mass is 35.5. The van der Waals surface area contributed by atoms with Crippen LogP contribution in [-0.4, -0.2) is 24.3 Å². The lowest BCUT2D eigenvalue weighted by atomic mass is 9.79. The molecule has 0 amide bonds. The van der Waals surface area contributed by atoms with Crippen LogP contribution in [0.4, 0.5) is 0 Å². The normalized spacial score (nSPS) is 24.3. The Labute approximate surface area is 133 Å². The number of hydrogen-bond acceptors (Lipinski definition) is 2. The third-order valence-electron chi connectivity index (χ3n) is 4.95. The minimum Gasteiger partial charge on any atom is -0.299 e. The zero-order valence-corrected chi connectivity index (χ0v) is 14.1. The van der Waals surface area contributed by atoms with Gasteiger partial charge in [-0.15, -0.1) is 0 Å². The minimum atomic E-state index is 0.204. The summed E-state index contributed by atoms with van der Waals surface area (Å²) < 4.78 is 0. The van der Waals surface area contributed by atoms with Gasteiger partial charge < -0.3 is 0 Å². The number of carbonyl (C=O) groups excluding carboxylic acids is 1. The van der Waals surface area contributed by atoms with Gasteiger partial charge in [0.05, 0.1) is 0 Å². The van der Waals surface area contributed by atoms with Crippen molar-refractivity contribution in [1.82, 2.24) is 4.90 Å².